The van der Waals surface area contributed by atoms with Gasteiger partial charge in [-0.25, -0.2) is 4.98 Å². The first-order valence-electron chi connectivity index (χ1n) is 3.50. The SMILES string of the molecule is Cc1nc(C(CN)C(=O)O)cs1. The van der Waals surface area contributed by atoms with Gasteiger partial charge in [-0.05, 0) is 6.92 Å². The van der Waals surface area contributed by atoms with Crippen LogP contribution in [-0.4, -0.2) is 22.6 Å². The van der Waals surface area contributed by atoms with Crippen molar-refractivity contribution in [2.75, 3.05) is 6.54 Å². The first kappa shape index (κ1) is 9.15. The smallest absolute Gasteiger partial charge is 0.313 e. The lowest BCUT2D eigenvalue weighted by atomic mass is 10.1. The summed E-state index contributed by atoms with van der Waals surface area (Å²) in [4.78, 5) is 14.7. The molecule has 0 aromatic carbocycles. The Morgan fingerprint density at radius 3 is 2.92 bits per heavy atom. The Bertz CT molecular complexity index is 285. The van der Waals surface area contributed by atoms with Crippen molar-refractivity contribution >= 4 is 17.3 Å². The Morgan fingerprint density at radius 2 is 2.58 bits per heavy atom. The fourth-order valence-corrected chi connectivity index (χ4v) is 1.55. The number of nitrogens with two attached hydrogens (primary N) is 1. The molecule has 5 heteroatoms. The molecule has 66 valence electrons. The van der Waals surface area contributed by atoms with Crippen LogP contribution in [0.3, 0.4) is 0 Å². The molecule has 1 unspecified atom stereocenters. The summed E-state index contributed by atoms with van der Waals surface area (Å²) in [6.45, 7) is 1.93. The molecule has 0 aliphatic heterocycles. The van der Waals surface area contributed by atoms with Gasteiger partial charge in [0.2, 0.25) is 0 Å². The maximum atomic E-state index is 10.6. The van der Waals surface area contributed by atoms with Gasteiger partial charge in [0, 0.05) is 11.9 Å². The van der Waals surface area contributed by atoms with Gasteiger partial charge in [-0.15, -0.1) is 11.3 Å². The molecule has 0 radical (unpaired) electrons. The van der Waals surface area contributed by atoms with Crippen LogP contribution in [0.4, 0.5) is 0 Å². The number of hydrogen-bond donors (Lipinski definition) is 2. The number of carboxylic acid groups (broad SMARTS) is 1. The monoisotopic (exact) mass is 186 g/mol. The van der Waals surface area contributed by atoms with E-state index < -0.39 is 11.9 Å². The first-order chi connectivity index (χ1) is 5.65. The van der Waals surface area contributed by atoms with Crippen LogP contribution in [0.15, 0.2) is 5.38 Å². The average Bonchev–Trinajstić information content (AvgIpc) is 2.37. The Kier molecular flexibility index (Phi) is 2.78. The van der Waals surface area contributed by atoms with E-state index in [1.54, 1.807) is 5.38 Å². The zero-order valence-electron chi connectivity index (χ0n) is 6.65. The second-order valence-electron chi connectivity index (χ2n) is 2.42. The third-order valence-corrected chi connectivity index (χ3v) is 2.32. The Hall–Kier alpha value is -0.940. The summed E-state index contributed by atoms with van der Waals surface area (Å²) in [5.74, 6) is -1.57. The fraction of sp³-hybridized carbons (Fsp3) is 0.429. The van der Waals surface area contributed by atoms with Crippen LogP contribution < -0.4 is 5.73 Å². The van der Waals surface area contributed by atoms with Gasteiger partial charge in [-0.3, -0.25) is 4.79 Å². The van der Waals surface area contributed by atoms with Crippen LogP contribution in [0.1, 0.15) is 16.6 Å². The van der Waals surface area contributed by atoms with Crippen LogP contribution in [0.25, 0.3) is 0 Å². The van der Waals surface area contributed by atoms with Crippen LogP contribution in [0.5, 0.6) is 0 Å². The molecule has 1 aromatic heterocycles. The highest BCUT2D eigenvalue weighted by Gasteiger charge is 2.19. The van der Waals surface area contributed by atoms with Gasteiger partial charge in [0.25, 0.3) is 0 Å². The number of rotatable bonds is 3. The van der Waals surface area contributed by atoms with Gasteiger partial charge < -0.3 is 10.8 Å². The van der Waals surface area contributed by atoms with Crippen molar-refractivity contribution in [1.82, 2.24) is 4.98 Å². The van der Waals surface area contributed by atoms with Crippen LogP contribution >= 0.6 is 11.3 Å². The zero-order valence-corrected chi connectivity index (χ0v) is 7.47. The van der Waals surface area contributed by atoms with Gasteiger partial charge in [-0.1, -0.05) is 0 Å². The number of aromatic nitrogens is 1. The van der Waals surface area contributed by atoms with Gasteiger partial charge in [0.15, 0.2) is 0 Å². The highest BCUT2D eigenvalue weighted by Crippen LogP contribution is 2.17. The molecule has 3 N–H and O–H groups in total. The number of carboxylic acids is 1. The lowest BCUT2D eigenvalue weighted by molar-refractivity contribution is -0.138. The largest absolute Gasteiger partial charge is 0.481 e. The maximum absolute atomic E-state index is 10.6. The third kappa shape index (κ3) is 1.80. The molecule has 0 aliphatic carbocycles. The van der Waals surface area contributed by atoms with Gasteiger partial charge in [0.1, 0.15) is 5.92 Å². The third-order valence-electron chi connectivity index (χ3n) is 1.53. The molecule has 1 rings (SSSR count). The summed E-state index contributed by atoms with van der Waals surface area (Å²) in [5.41, 5.74) is 5.86. The maximum Gasteiger partial charge on any atom is 0.313 e. The predicted molar refractivity (Wildman–Crippen MR) is 46.3 cm³/mol. The molecule has 1 atom stereocenters. The minimum Gasteiger partial charge on any atom is -0.481 e. The molecule has 0 bridgehead atoms. The van der Waals surface area contributed by atoms with Gasteiger partial charge >= 0.3 is 5.97 Å². The minimum absolute atomic E-state index is 0.0957. The van der Waals surface area contributed by atoms with Crippen molar-refractivity contribution in [2.45, 2.75) is 12.8 Å². The van der Waals surface area contributed by atoms with E-state index in [4.69, 9.17) is 10.8 Å². The number of aliphatic carboxylic acids is 1. The number of thiazole rings is 1. The Morgan fingerprint density at radius 1 is 1.92 bits per heavy atom. The van der Waals surface area contributed by atoms with E-state index in [0.29, 0.717) is 5.69 Å². The predicted octanol–water partition coefficient (Wildman–Crippen LogP) is 0.578. The van der Waals surface area contributed by atoms with E-state index in [0.717, 1.165) is 5.01 Å². The first-order valence-corrected chi connectivity index (χ1v) is 4.38. The lowest BCUT2D eigenvalue weighted by Gasteiger charge is -2.04. The summed E-state index contributed by atoms with van der Waals surface area (Å²) < 4.78 is 0. The molecular formula is C7H10N2O2S. The summed E-state index contributed by atoms with van der Waals surface area (Å²) in [5, 5.41) is 11.3. The van der Waals surface area contributed by atoms with Crippen molar-refractivity contribution in [1.29, 1.82) is 0 Å². The van der Waals surface area contributed by atoms with E-state index >= 15 is 0 Å². The molecule has 0 saturated heterocycles. The number of nitrogens with zero attached hydrogens (tertiary/aromatic N) is 1. The van der Waals surface area contributed by atoms with Gasteiger partial charge in [0.05, 0.1) is 10.7 Å². The van der Waals surface area contributed by atoms with E-state index in [-0.39, 0.29) is 6.54 Å². The molecule has 4 nitrogen and oxygen atoms in total. The van der Waals surface area contributed by atoms with E-state index in [1.165, 1.54) is 11.3 Å². The van der Waals surface area contributed by atoms with Gasteiger partial charge in [-0.2, -0.15) is 0 Å². The summed E-state index contributed by atoms with van der Waals surface area (Å²) in [6.07, 6.45) is 0. The number of carbonyl (C=O) groups is 1. The van der Waals surface area contributed by atoms with E-state index in [9.17, 15) is 4.79 Å². The van der Waals surface area contributed by atoms with Crippen LogP contribution in [0.2, 0.25) is 0 Å². The number of aryl methyl sites for hydroxylation is 1. The molecular weight excluding hydrogens is 176 g/mol. The fourth-order valence-electron chi connectivity index (χ4n) is 0.888. The summed E-state index contributed by atoms with van der Waals surface area (Å²) >= 11 is 1.44. The van der Waals surface area contributed by atoms with Crippen molar-refractivity contribution in [3.63, 3.8) is 0 Å². The molecule has 0 fully saturated rings. The molecule has 0 amide bonds. The summed E-state index contributed by atoms with van der Waals surface area (Å²) in [6, 6.07) is 0. The van der Waals surface area contributed by atoms with Crippen molar-refractivity contribution < 1.29 is 9.90 Å². The van der Waals surface area contributed by atoms with Crippen molar-refractivity contribution in [3.8, 4) is 0 Å². The van der Waals surface area contributed by atoms with Crippen LogP contribution in [-0.2, 0) is 4.79 Å². The molecule has 1 heterocycles. The molecule has 0 spiro atoms. The Labute approximate surface area is 74.0 Å². The average molecular weight is 186 g/mol. The zero-order chi connectivity index (χ0) is 9.14. The van der Waals surface area contributed by atoms with E-state index in [1.807, 2.05) is 6.92 Å². The van der Waals surface area contributed by atoms with Crippen LogP contribution in [0, 0.1) is 6.92 Å². The van der Waals surface area contributed by atoms with Crippen molar-refractivity contribution in [2.24, 2.45) is 5.73 Å². The highest BCUT2D eigenvalue weighted by atomic mass is 32.1. The Balaban J connectivity index is 2.87. The standard InChI is InChI=1S/C7H10N2O2S/c1-4-9-6(3-12-4)5(2-8)7(10)11/h3,5H,2,8H2,1H3,(H,10,11). The second kappa shape index (κ2) is 3.64. The van der Waals surface area contributed by atoms with E-state index in [2.05, 4.69) is 4.98 Å². The number of hydrogen-bond acceptors (Lipinski definition) is 4. The topological polar surface area (TPSA) is 76.2 Å². The normalized spacial score (nSPS) is 12.8. The molecule has 1 aromatic rings. The van der Waals surface area contributed by atoms with Crippen molar-refractivity contribution in [3.05, 3.63) is 16.1 Å². The summed E-state index contributed by atoms with van der Waals surface area (Å²) in [7, 11) is 0. The lowest BCUT2D eigenvalue weighted by Crippen LogP contribution is -2.21. The highest BCUT2D eigenvalue weighted by molar-refractivity contribution is 7.09. The quantitative estimate of drug-likeness (QED) is 0.724. The second-order valence-corrected chi connectivity index (χ2v) is 3.48. The molecule has 12 heavy (non-hydrogen) atoms. The minimum atomic E-state index is -0.914. The molecule has 0 saturated carbocycles. The molecule has 0 aliphatic rings.